The quantitative estimate of drug-likeness (QED) is 0.190. The van der Waals surface area contributed by atoms with Gasteiger partial charge in [-0.25, -0.2) is 4.79 Å². The number of anilines is 1. The lowest BCUT2D eigenvalue weighted by molar-refractivity contribution is -0.383. The van der Waals surface area contributed by atoms with Gasteiger partial charge >= 0.3 is 6.09 Å². The fraction of sp³-hybridized carbons (Fsp3) is 0.276. The molecule has 1 aliphatic rings. The monoisotopic (exact) mass is 564 g/mol. The number of fused-ring (bicyclic) bond motifs is 2. The van der Waals surface area contributed by atoms with Crippen molar-refractivity contribution in [3.05, 3.63) is 98.0 Å². The predicted molar refractivity (Wildman–Crippen MR) is 156 cm³/mol. The molecule has 0 unspecified atom stereocenters. The van der Waals surface area contributed by atoms with Crippen molar-refractivity contribution >= 4 is 56.3 Å². The van der Waals surface area contributed by atoms with Crippen LogP contribution in [0.4, 0.5) is 21.9 Å². The molecule has 208 valence electrons. The zero-order valence-electron chi connectivity index (χ0n) is 22.4. The van der Waals surface area contributed by atoms with Crippen LogP contribution in [0.1, 0.15) is 20.8 Å². The van der Waals surface area contributed by atoms with Gasteiger partial charge in [-0.05, 0) is 45.0 Å². The number of piperazine rings is 1. The number of carbonyl (C=O) groups excluding carboxylic acids is 1. The van der Waals surface area contributed by atoms with Gasteiger partial charge in [-0.2, -0.15) is 0 Å². The standard InChI is InChI=1S/C19H23N3O4.C10H6ClNO2/c1-19(2,3)26-18(23)21-12-10-20(11-13-21)16-8-9-17(22(24)25)15-7-5-4-6-14(15)16;11-9-5-6-10(12(13)14)8-4-2-1-3-7(8)9/h4-9H,10-13H2,1-3H3;1-6H. The summed E-state index contributed by atoms with van der Waals surface area (Å²) in [4.78, 5) is 37.3. The number of nitro groups is 2. The first-order chi connectivity index (χ1) is 19.0. The van der Waals surface area contributed by atoms with Gasteiger partial charge < -0.3 is 14.5 Å². The number of rotatable bonds is 3. The van der Waals surface area contributed by atoms with E-state index in [0.717, 1.165) is 11.1 Å². The molecular weight excluding hydrogens is 536 g/mol. The molecular formula is C29H29ClN4O6. The molecule has 4 aromatic rings. The molecule has 40 heavy (non-hydrogen) atoms. The molecule has 4 aromatic carbocycles. The first kappa shape index (κ1) is 28.6. The van der Waals surface area contributed by atoms with Gasteiger partial charge in [0.05, 0.1) is 20.6 Å². The van der Waals surface area contributed by atoms with Gasteiger partial charge in [-0.3, -0.25) is 20.2 Å². The zero-order chi connectivity index (χ0) is 29.0. The van der Waals surface area contributed by atoms with Crippen molar-refractivity contribution in [2.45, 2.75) is 26.4 Å². The summed E-state index contributed by atoms with van der Waals surface area (Å²) >= 11 is 5.91. The molecule has 0 bridgehead atoms. The number of nitro benzene ring substituents is 2. The van der Waals surface area contributed by atoms with Crippen molar-refractivity contribution in [3.8, 4) is 0 Å². The molecule has 1 amide bonds. The maximum atomic E-state index is 12.2. The zero-order valence-corrected chi connectivity index (χ0v) is 23.1. The van der Waals surface area contributed by atoms with Crippen molar-refractivity contribution in [1.82, 2.24) is 4.90 Å². The number of halogens is 1. The maximum Gasteiger partial charge on any atom is 0.410 e. The van der Waals surface area contributed by atoms with Gasteiger partial charge in [-0.15, -0.1) is 0 Å². The molecule has 11 heteroatoms. The molecule has 10 nitrogen and oxygen atoms in total. The summed E-state index contributed by atoms with van der Waals surface area (Å²) < 4.78 is 5.42. The average Bonchev–Trinajstić information content (AvgIpc) is 2.92. The van der Waals surface area contributed by atoms with Gasteiger partial charge in [0, 0.05) is 59.8 Å². The Labute approximate surface area is 236 Å². The molecule has 0 N–H and O–H groups in total. The van der Waals surface area contributed by atoms with E-state index < -0.39 is 10.5 Å². The summed E-state index contributed by atoms with van der Waals surface area (Å²) in [5, 5.41) is 25.3. The van der Waals surface area contributed by atoms with Crippen LogP contribution in [-0.2, 0) is 4.74 Å². The van der Waals surface area contributed by atoms with Crippen molar-refractivity contribution in [1.29, 1.82) is 0 Å². The van der Waals surface area contributed by atoms with E-state index in [9.17, 15) is 25.0 Å². The van der Waals surface area contributed by atoms with Gasteiger partial charge in [0.15, 0.2) is 0 Å². The average molecular weight is 565 g/mol. The molecule has 1 aliphatic heterocycles. The van der Waals surface area contributed by atoms with E-state index >= 15 is 0 Å². The van der Waals surface area contributed by atoms with Crippen LogP contribution in [-0.4, -0.2) is 52.6 Å². The lowest BCUT2D eigenvalue weighted by Gasteiger charge is -2.37. The van der Waals surface area contributed by atoms with E-state index in [1.807, 2.05) is 32.9 Å². The minimum Gasteiger partial charge on any atom is -0.444 e. The number of benzene rings is 4. The highest BCUT2D eigenvalue weighted by molar-refractivity contribution is 6.35. The molecule has 1 saturated heterocycles. The second-order valence-electron chi connectivity index (χ2n) is 10.2. The molecule has 5 rings (SSSR count). The molecule has 1 fully saturated rings. The van der Waals surface area contributed by atoms with Crippen LogP contribution in [0.15, 0.2) is 72.8 Å². The SMILES string of the molecule is CC(C)(C)OC(=O)N1CCN(c2ccc([N+](=O)[O-])c3ccccc23)CC1.O=[N+]([O-])c1ccc(Cl)c2ccccc12. The summed E-state index contributed by atoms with van der Waals surface area (Å²) in [6, 6.07) is 20.7. The summed E-state index contributed by atoms with van der Waals surface area (Å²) in [6.45, 7) is 7.97. The van der Waals surface area contributed by atoms with Crippen LogP contribution >= 0.6 is 11.6 Å². The molecule has 1 heterocycles. The number of hydrogen-bond donors (Lipinski definition) is 0. The third-order valence-electron chi connectivity index (χ3n) is 6.39. The Morgan fingerprint density at radius 3 is 1.75 bits per heavy atom. The van der Waals surface area contributed by atoms with Crippen LogP contribution in [0.3, 0.4) is 0 Å². The smallest absolute Gasteiger partial charge is 0.410 e. The Morgan fingerprint density at radius 2 is 1.23 bits per heavy atom. The van der Waals surface area contributed by atoms with Crippen molar-refractivity contribution in [2.24, 2.45) is 0 Å². The fourth-order valence-electron chi connectivity index (χ4n) is 4.56. The van der Waals surface area contributed by atoms with Crippen LogP contribution in [0, 0.1) is 20.2 Å². The van der Waals surface area contributed by atoms with E-state index in [0.29, 0.717) is 47.4 Å². The normalized spacial score (nSPS) is 13.5. The summed E-state index contributed by atoms with van der Waals surface area (Å²) in [7, 11) is 0. The molecule has 0 aromatic heterocycles. The first-order valence-electron chi connectivity index (χ1n) is 12.7. The van der Waals surface area contributed by atoms with Crippen LogP contribution in [0.25, 0.3) is 21.5 Å². The number of non-ortho nitro benzene ring substituents is 2. The second kappa shape index (κ2) is 11.7. The fourth-order valence-corrected chi connectivity index (χ4v) is 4.79. The minimum atomic E-state index is -0.511. The topological polar surface area (TPSA) is 119 Å². The number of hydrogen-bond acceptors (Lipinski definition) is 7. The maximum absolute atomic E-state index is 12.2. The summed E-state index contributed by atoms with van der Waals surface area (Å²) in [5.41, 5.74) is 0.639. The summed E-state index contributed by atoms with van der Waals surface area (Å²) in [5.74, 6) is 0. The second-order valence-corrected chi connectivity index (χ2v) is 10.6. The van der Waals surface area contributed by atoms with Crippen LogP contribution < -0.4 is 4.90 Å². The van der Waals surface area contributed by atoms with Crippen molar-refractivity contribution in [2.75, 3.05) is 31.1 Å². The lowest BCUT2D eigenvalue weighted by Crippen LogP contribution is -2.50. The van der Waals surface area contributed by atoms with Gasteiger partial charge in [0.25, 0.3) is 11.4 Å². The Hall–Kier alpha value is -4.44. The number of carbonyl (C=O) groups is 1. The third kappa shape index (κ3) is 6.40. The minimum absolute atomic E-state index is 0.0880. The Kier molecular flexibility index (Phi) is 8.39. The Bertz CT molecular complexity index is 1580. The van der Waals surface area contributed by atoms with E-state index in [-0.39, 0.29) is 22.4 Å². The molecule has 0 spiro atoms. The van der Waals surface area contributed by atoms with Crippen LogP contribution in [0.5, 0.6) is 0 Å². The molecule has 0 atom stereocenters. The number of nitrogens with zero attached hydrogens (tertiary/aromatic N) is 4. The largest absolute Gasteiger partial charge is 0.444 e. The van der Waals surface area contributed by atoms with Crippen molar-refractivity contribution < 1.29 is 19.4 Å². The number of amides is 1. The highest BCUT2D eigenvalue weighted by Crippen LogP contribution is 2.34. The third-order valence-corrected chi connectivity index (χ3v) is 6.72. The highest BCUT2D eigenvalue weighted by atomic mass is 35.5. The molecule has 0 radical (unpaired) electrons. The van der Waals surface area contributed by atoms with Crippen LogP contribution in [0.2, 0.25) is 5.02 Å². The predicted octanol–water partition coefficient (Wildman–Crippen LogP) is 7.21. The van der Waals surface area contributed by atoms with E-state index in [1.165, 1.54) is 6.07 Å². The number of ether oxygens (including phenoxy) is 1. The summed E-state index contributed by atoms with van der Waals surface area (Å²) in [6.07, 6.45) is -0.300. The Balaban J connectivity index is 0.000000222. The van der Waals surface area contributed by atoms with Gasteiger partial charge in [0.1, 0.15) is 5.60 Å². The van der Waals surface area contributed by atoms with E-state index in [1.54, 1.807) is 59.5 Å². The first-order valence-corrected chi connectivity index (χ1v) is 13.0. The van der Waals surface area contributed by atoms with Gasteiger partial charge in [-0.1, -0.05) is 48.0 Å². The van der Waals surface area contributed by atoms with E-state index in [2.05, 4.69) is 4.90 Å². The van der Waals surface area contributed by atoms with Gasteiger partial charge in [0.2, 0.25) is 0 Å². The molecule has 0 saturated carbocycles. The lowest BCUT2D eigenvalue weighted by atomic mass is 10.1. The Morgan fingerprint density at radius 1 is 0.750 bits per heavy atom. The van der Waals surface area contributed by atoms with Crippen molar-refractivity contribution in [3.63, 3.8) is 0 Å². The van der Waals surface area contributed by atoms with E-state index in [4.69, 9.17) is 16.3 Å². The highest BCUT2D eigenvalue weighted by Gasteiger charge is 2.27. The molecule has 0 aliphatic carbocycles.